The van der Waals surface area contributed by atoms with Gasteiger partial charge < -0.3 is 8.98 Å². The van der Waals surface area contributed by atoms with Crippen molar-refractivity contribution in [3.05, 3.63) is 47.0 Å². The van der Waals surface area contributed by atoms with E-state index in [1.165, 1.54) is 18.2 Å². The minimum Gasteiger partial charge on any atom is -0.408 e. The van der Waals surface area contributed by atoms with E-state index in [4.69, 9.17) is 4.42 Å². The molecule has 2 aromatic heterocycles. The van der Waals surface area contributed by atoms with Gasteiger partial charge >= 0.3 is 5.76 Å². The maximum absolute atomic E-state index is 12.4. The number of hydrogen-bond donors (Lipinski definition) is 2. The highest BCUT2D eigenvalue weighted by molar-refractivity contribution is 7.89. The van der Waals surface area contributed by atoms with Gasteiger partial charge in [-0.1, -0.05) is 0 Å². The van der Waals surface area contributed by atoms with Gasteiger partial charge in [-0.3, -0.25) is 4.98 Å². The maximum atomic E-state index is 12.4. The summed E-state index contributed by atoms with van der Waals surface area (Å²) in [6, 6.07) is 4.26. The first-order chi connectivity index (χ1) is 11.5. The van der Waals surface area contributed by atoms with E-state index in [0.29, 0.717) is 23.6 Å². The second-order valence-electron chi connectivity index (χ2n) is 5.82. The Morgan fingerprint density at radius 3 is 3.00 bits per heavy atom. The fraction of sp³-hybridized carbons (Fsp3) is 0.333. The van der Waals surface area contributed by atoms with Crippen molar-refractivity contribution < 1.29 is 12.8 Å². The first-order valence-electron chi connectivity index (χ1n) is 7.66. The van der Waals surface area contributed by atoms with Crippen LogP contribution in [0.15, 0.2) is 44.7 Å². The first-order valence-corrected chi connectivity index (χ1v) is 9.15. The molecule has 8 nitrogen and oxygen atoms in total. The van der Waals surface area contributed by atoms with Gasteiger partial charge in [0.1, 0.15) is 5.82 Å². The number of nitrogens with zero attached hydrogens (tertiary/aromatic N) is 2. The lowest BCUT2D eigenvalue weighted by molar-refractivity contribution is 0.555. The Hall–Kier alpha value is -2.39. The van der Waals surface area contributed by atoms with Gasteiger partial charge in [0.15, 0.2) is 5.58 Å². The van der Waals surface area contributed by atoms with Gasteiger partial charge in [0.05, 0.1) is 10.4 Å². The summed E-state index contributed by atoms with van der Waals surface area (Å²) in [5.74, 6) is 0.920. The largest absolute Gasteiger partial charge is 0.417 e. The number of sulfonamides is 1. The number of H-pyrrole nitrogens is 1. The topological polar surface area (TPSA) is 110 Å². The Kier molecular flexibility index (Phi) is 3.54. The van der Waals surface area contributed by atoms with E-state index in [9.17, 15) is 13.2 Å². The van der Waals surface area contributed by atoms with Crippen LogP contribution in [0.5, 0.6) is 0 Å². The Balaban J connectivity index is 1.47. The van der Waals surface area contributed by atoms with Crippen molar-refractivity contribution in [1.82, 2.24) is 19.3 Å². The van der Waals surface area contributed by atoms with Gasteiger partial charge in [-0.2, -0.15) is 0 Å². The number of rotatable bonds is 6. The lowest BCUT2D eigenvalue weighted by Gasteiger charge is -2.09. The molecule has 0 unspecified atom stereocenters. The van der Waals surface area contributed by atoms with Crippen molar-refractivity contribution >= 4 is 21.1 Å². The van der Waals surface area contributed by atoms with Crippen molar-refractivity contribution in [3.8, 4) is 0 Å². The fourth-order valence-electron chi connectivity index (χ4n) is 2.69. The van der Waals surface area contributed by atoms with Crippen LogP contribution in [0, 0.1) is 0 Å². The molecule has 1 aliphatic rings. The van der Waals surface area contributed by atoms with E-state index in [2.05, 4.69) is 14.7 Å². The third-order valence-corrected chi connectivity index (χ3v) is 5.49. The van der Waals surface area contributed by atoms with Crippen LogP contribution in [0.4, 0.5) is 0 Å². The summed E-state index contributed by atoms with van der Waals surface area (Å²) in [7, 11) is -3.66. The Labute approximate surface area is 137 Å². The van der Waals surface area contributed by atoms with Crippen molar-refractivity contribution in [2.75, 3.05) is 6.54 Å². The Bertz CT molecular complexity index is 1040. The van der Waals surface area contributed by atoms with Crippen LogP contribution in [-0.4, -0.2) is 29.5 Å². The number of hydrogen-bond acceptors (Lipinski definition) is 5. The molecule has 2 N–H and O–H groups in total. The monoisotopic (exact) mass is 348 g/mol. The third kappa shape index (κ3) is 2.87. The van der Waals surface area contributed by atoms with E-state index >= 15 is 0 Å². The van der Waals surface area contributed by atoms with Crippen molar-refractivity contribution in [3.63, 3.8) is 0 Å². The predicted molar refractivity (Wildman–Crippen MR) is 86.2 cm³/mol. The zero-order chi connectivity index (χ0) is 16.7. The van der Waals surface area contributed by atoms with Crippen LogP contribution >= 0.6 is 0 Å². The Morgan fingerprint density at radius 2 is 2.21 bits per heavy atom. The third-order valence-electron chi connectivity index (χ3n) is 4.04. The maximum Gasteiger partial charge on any atom is 0.417 e. The van der Waals surface area contributed by atoms with Crippen molar-refractivity contribution in [1.29, 1.82) is 0 Å². The van der Waals surface area contributed by atoms with Crippen LogP contribution in [0.3, 0.4) is 0 Å². The van der Waals surface area contributed by atoms with Gasteiger partial charge in [0.25, 0.3) is 0 Å². The molecule has 126 valence electrons. The molecule has 0 aliphatic heterocycles. The number of nitrogens with one attached hydrogen (secondary N) is 2. The van der Waals surface area contributed by atoms with Crippen LogP contribution in [0.1, 0.15) is 24.6 Å². The number of fused-ring (bicyclic) bond motifs is 1. The van der Waals surface area contributed by atoms with Crippen molar-refractivity contribution in [2.24, 2.45) is 0 Å². The molecule has 9 heteroatoms. The van der Waals surface area contributed by atoms with Gasteiger partial charge in [-0.15, -0.1) is 0 Å². The molecule has 1 aliphatic carbocycles. The van der Waals surface area contributed by atoms with Gasteiger partial charge in [0.2, 0.25) is 10.0 Å². The standard InChI is InChI=1S/C15H16N4O4S/c20-15-18-12-9-11(3-4-13(12)23-15)24(21,22)17-6-8-19-7-5-16-14(19)10-1-2-10/h3-5,7,9-10,17H,1-2,6,8H2,(H,18,20). The lowest BCUT2D eigenvalue weighted by Crippen LogP contribution is -2.27. The van der Waals surface area contributed by atoms with E-state index in [1.54, 1.807) is 6.20 Å². The van der Waals surface area contributed by atoms with Crippen LogP contribution < -0.4 is 10.5 Å². The molecule has 0 radical (unpaired) electrons. The molecule has 4 rings (SSSR count). The number of oxazole rings is 1. The zero-order valence-electron chi connectivity index (χ0n) is 12.7. The summed E-state index contributed by atoms with van der Waals surface area (Å²) in [6.07, 6.45) is 5.90. The summed E-state index contributed by atoms with van der Waals surface area (Å²) in [5, 5.41) is 0. The molecular formula is C15H16N4O4S. The van der Waals surface area contributed by atoms with E-state index in [1.807, 2.05) is 10.8 Å². The summed E-state index contributed by atoms with van der Waals surface area (Å²) < 4.78 is 34.2. The molecule has 0 spiro atoms. The number of imidazole rings is 1. The molecule has 1 aromatic carbocycles. The predicted octanol–water partition coefficient (Wildman–Crippen LogP) is 1.17. The van der Waals surface area contributed by atoms with Crippen molar-refractivity contribution in [2.45, 2.75) is 30.2 Å². The number of aromatic nitrogens is 3. The molecule has 2 heterocycles. The summed E-state index contributed by atoms with van der Waals surface area (Å²) >= 11 is 0. The van der Waals surface area contributed by atoms with Gasteiger partial charge in [0, 0.05) is 31.4 Å². The fourth-order valence-corrected chi connectivity index (χ4v) is 3.74. The Morgan fingerprint density at radius 1 is 1.38 bits per heavy atom. The average molecular weight is 348 g/mol. The molecule has 0 amide bonds. The number of benzene rings is 1. The second-order valence-corrected chi connectivity index (χ2v) is 7.59. The minimum atomic E-state index is -3.66. The summed E-state index contributed by atoms with van der Waals surface area (Å²) in [4.78, 5) is 18.0. The molecule has 24 heavy (non-hydrogen) atoms. The highest BCUT2D eigenvalue weighted by atomic mass is 32.2. The van der Waals surface area contributed by atoms with Gasteiger partial charge in [-0.25, -0.2) is 22.9 Å². The van der Waals surface area contributed by atoms with Crippen LogP contribution in [0.2, 0.25) is 0 Å². The zero-order valence-corrected chi connectivity index (χ0v) is 13.5. The molecule has 0 saturated heterocycles. The smallest absolute Gasteiger partial charge is 0.408 e. The highest BCUT2D eigenvalue weighted by Gasteiger charge is 2.27. The molecule has 1 fully saturated rings. The van der Waals surface area contributed by atoms with Crippen LogP contribution in [-0.2, 0) is 16.6 Å². The van der Waals surface area contributed by atoms with Crippen LogP contribution in [0.25, 0.3) is 11.1 Å². The summed E-state index contributed by atoms with van der Waals surface area (Å²) in [5.41, 5.74) is 0.681. The molecule has 1 saturated carbocycles. The SMILES string of the molecule is O=c1[nH]c2cc(S(=O)(=O)NCCn3ccnc3C3CC3)ccc2o1. The van der Waals surface area contributed by atoms with Gasteiger partial charge in [-0.05, 0) is 31.0 Å². The van der Waals surface area contributed by atoms with E-state index in [0.717, 1.165) is 18.7 Å². The summed E-state index contributed by atoms with van der Waals surface area (Å²) in [6.45, 7) is 0.786. The van der Waals surface area contributed by atoms with E-state index < -0.39 is 15.8 Å². The lowest BCUT2D eigenvalue weighted by atomic mass is 10.3. The van der Waals surface area contributed by atoms with E-state index in [-0.39, 0.29) is 11.4 Å². The normalized spacial score (nSPS) is 15.2. The molecular weight excluding hydrogens is 332 g/mol. The molecule has 0 atom stereocenters. The number of aromatic amines is 1. The quantitative estimate of drug-likeness (QED) is 0.695. The minimum absolute atomic E-state index is 0.0834. The highest BCUT2D eigenvalue weighted by Crippen LogP contribution is 2.38. The molecule has 3 aromatic rings. The second kappa shape index (κ2) is 5.60. The average Bonchev–Trinajstić information content (AvgIpc) is 3.15. The first kappa shape index (κ1) is 15.2. The molecule has 0 bridgehead atoms.